The summed E-state index contributed by atoms with van der Waals surface area (Å²) in [5.74, 6) is 0.766. The summed E-state index contributed by atoms with van der Waals surface area (Å²) >= 11 is 0. The second-order valence-corrected chi connectivity index (χ2v) is 4.50. The van der Waals surface area contributed by atoms with Crippen LogP contribution >= 0.6 is 0 Å². The number of aliphatic hydroxyl groups excluding tert-OH is 1. The van der Waals surface area contributed by atoms with Crippen LogP contribution in [0.15, 0.2) is 24.3 Å². The number of amides is 1. The van der Waals surface area contributed by atoms with Crippen LogP contribution in [0.3, 0.4) is 0 Å². The summed E-state index contributed by atoms with van der Waals surface area (Å²) in [7, 11) is 0. The molecule has 128 valence electrons. The standard InChI is InChI=1S/C14H19N2O3.CHO2.2Y/c17-12-15-13-3-1-4-14(11-13)19-8-2-5-16-6-9-18-10-7-16;2-1-3;;/h1,3-4,11H,2,5-10H2,(H,15,17);(H,2,3);;/q2*-1;;. The third-order valence-corrected chi connectivity index (χ3v) is 3.02. The molecule has 0 unspecified atom stereocenters. The van der Waals surface area contributed by atoms with E-state index in [2.05, 4.69) is 10.2 Å². The Balaban J connectivity index is 0. The van der Waals surface area contributed by atoms with E-state index in [1.54, 1.807) is 18.5 Å². The SMILES string of the molecule is O=[C-]Nc1cccc(OCCCN2CCOCC2)c1.O=[C-]O.[Y].[Y]. The molecule has 1 aliphatic heterocycles. The van der Waals surface area contributed by atoms with Gasteiger partial charge in [-0.15, -0.1) is 11.8 Å². The van der Waals surface area contributed by atoms with Crippen molar-refractivity contribution in [1.82, 2.24) is 4.90 Å². The van der Waals surface area contributed by atoms with Gasteiger partial charge in [-0.2, -0.15) is 0 Å². The Labute approximate surface area is 192 Å². The fraction of sp³-hybridized carbons (Fsp3) is 0.467. The van der Waals surface area contributed by atoms with Crippen molar-refractivity contribution in [3.8, 4) is 5.75 Å². The molecule has 2 N–H and O–H groups in total. The molecule has 1 amide bonds. The second kappa shape index (κ2) is 17.9. The number of carbonyl (C=O) groups excluding carboxylic acids is 1. The fourth-order valence-electron chi connectivity index (χ4n) is 2.03. The number of morpholine rings is 1. The van der Waals surface area contributed by atoms with Crippen LogP contribution in [0.5, 0.6) is 5.75 Å². The van der Waals surface area contributed by atoms with E-state index in [9.17, 15) is 4.79 Å². The van der Waals surface area contributed by atoms with Crippen LogP contribution in [0.25, 0.3) is 0 Å². The minimum atomic E-state index is 0. The first-order valence-corrected chi connectivity index (χ1v) is 6.97. The summed E-state index contributed by atoms with van der Waals surface area (Å²) in [6.45, 7) is 5.88. The number of rotatable bonds is 7. The van der Waals surface area contributed by atoms with E-state index in [0.29, 0.717) is 18.8 Å². The van der Waals surface area contributed by atoms with Crippen LogP contribution in [-0.2, 0) is 79.7 Å². The van der Waals surface area contributed by atoms with Gasteiger partial charge in [0.15, 0.2) is 0 Å². The van der Waals surface area contributed by atoms with E-state index in [1.807, 2.05) is 12.1 Å². The molecule has 24 heavy (non-hydrogen) atoms. The number of anilines is 1. The normalized spacial score (nSPS) is 13.2. The number of hydrogen-bond acceptors (Lipinski definition) is 5. The van der Waals surface area contributed by atoms with Crippen molar-refractivity contribution in [2.24, 2.45) is 0 Å². The molecule has 1 heterocycles. The van der Waals surface area contributed by atoms with Crippen LogP contribution in [-0.4, -0.2) is 62.3 Å². The molecule has 2 rings (SSSR count). The Kier molecular flexibility index (Phi) is 19.6. The minimum Gasteiger partial charge on any atom is -0.665 e. The van der Waals surface area contributed by atoms with Gasteiger partial charge in [0, 0.05) is 85.1 Å². The molecule has 0 aliphatic carbocycles. The predicted molar refractivity (Wildman–Crippen MR) is 81.5 cm³/mol. The van der Waals surface area contributed by atoms with Crippen LogP contribution in [0, 0.1) is 0 Å². The topological polar surface area (TPSA) is 88.1 Å². The molecule has 1 aromatic rings. The first-order valence-electron chi connectivity index (χ1n) is 6.97. The summed E-state index contributed by atoms with van der Waals surface area (Å²) in [6, 6.07) is 7.31. The Morgan fingerprint density at radius 2 is 1.92 bits per heavy atom. The molecule has 0 atom stereocenters. The quantitative estimate of drug-likeness (QED) is 0.338. The van der Waals surface area contributed by atoms with E-state index >= 15 is 0 Å². The van der Waals surface area contributed by atoms with E-state index < -0.39 is 0 Å². The summed E-state index contributed by atoms with van der Waals surface area (Å²) in [5.41, 5.74) is 0.695. The number of hydrogen-bond donors (Lipinski definition) is 2. The third-order valence-electron chi connectivity index (χ3n) is 3.02. The van der Waals surface area contributed by atoms with Crippen molar-refractivity contribution < 1.29 is 89.6 Å². The average Bonchev–Trinajstić information content (AvgIpc) is 2.54. The third kappa shape index (κ3) is 12.5. The van der Waals surface area contributed by atoms with Crippen molar-refractivity contribution in [3.63, 3.8) is 0 Å². The molecule has 0 aromatic heterocycles. The van der Waals surface area contributed by atoms with Gasteiger partial charge in [0.2, 0.25) is 0 Å². The number of benzene rings is 1. The van der Waals surface area contributed by atoms with Gasteiger partial charge in [0.05, 0.1) is 26.2 Å². The van der Waals surface area contributed by atoms with Gasteiger partial charge in [-0.05, 0) is 12.5 Å². The van der Waals surface area contributed by atoms with Crippen molar-refractivity contribution >= 4 is 18.6 Å². The molecule has 0 bridgehead atoms. The fourth-order valence-corrected chi connectivity index (χ4v) is 2.03. The molecule has 7 nitrogen and oxygen atoms in total. The Bertz CT molecular complexity index is 446. The van der Waals surface area contributed by atoms with Crippen LogP contribution < -0.4 is 10.1 Å². The maximum absolute atomic E-state index is 10.2. The molecule has 0 saturated carbocycles. The number of nitrogens with one attached hydrogen (secondary N) is 1. The summed E-state index contributed by atoms with van der Waals surface area (Å²) in [6.07, 6.45) is 2.63. The average molecular weight is 486 g/mol. The molecular weight excluding hydrogens is 466 g/mol. The van der Waals surface area contributed by atoms with Crippen molar-refractivity contribution in [1.29, 1.82) is 0 Å². The largest absolute Gasteiger partial charge is 0.665 e. The Hall–Kier alpha value is 0.0878. The van der Waals surface area contributed by atoms with Crippen molar-refractivity contribution in [3.05, 3.63) is 24.3 Å². The molecule has 1 fully saturated rings. The minimum absolute atomic E-state index is 0. The van der Waals surface area contributed by atoms with Gasteiger partial charge in [-0.1, -0.05) is 18.6 Å². The zero-order valence-electron chi connectivity index (χ0n) is 13.4. The van der Waals surface area contributed by atoms with Crippen LogP contribution in [0.4, 0.5) is 5.69 Å². The molecule has 9 heteroatoms. The molecule has 0 spiro atoms. The molecular formula is C15H20N2O5Y2-2. The molecule has 1 aliphatic rings. The summed E-state index contributed by atoms with van der Waals surface area (Å²) < 4.78 is 11.0. The van der Waals surface area contributed by atoms with Crippen LogP contribution in [0.2, 0.25) is 0 Å². The summed E-state index contributed by atoms with van der Waals surface area (Å²) in [4.78, 5) is 20.8. The summed E-state index contributed by atoms with van der Waals surface area (Å²) in [5, 5.41) is 9.25. The molecule has 2 radical (unpaired) electrons. The van der Waals surface area contributed by atoms with Gasteiger partial charge >= 0.3 is 0 Å². The van der Waals surface area contributed by atoms with Crippen molar-refractivity contribution in [2.45, 2.75) is 6.42 Å². The first-order chi connectivity index (χ1) is 10.8. The van der Waals surface area contributed by atoms with Gasteiger partial charge in [-0.25, -0.2) is 0 Å². The second-order valence-electron chi connectivity index (χ2n) is 4.50. The predicted octanol–water partition coefficient (Wildman–Crippen LogP) is 0.873. The Morgan fingerprint density at radius 3 is 2.54 bits per heavy atom. The maximum Gasteiger partial charge on any atom is 0.103 e. The van der Waals surface area contributed by atoms with Crippen molar-refractivity contribution in [2.75, 3.05) is 44.8 Å². The number of ether oxygens (including phenoxy) is 2. The van der Waals surface area contributed by atoms with Gasteiger partial charge in [-0.3, -0.25) is 4.90 Å². The van der Waals surface area contributed by atoms with E-state index in [0.717, 1.165) is 45.0 Å². The van der Waals surface area contributed by atoms with Gasteiger partial charge < -0.3 is 29.5 Å². The smallest absolute Gasteiger partial charge is 0.103 e. The Morgan fingerprint density at radius 1 is 1.25 bits per heavy atom. The van der Waals surface area contributed by atoms with E-state index in [-0.39, 0.29) is 65.4 Å². The molecule has 1 saturated heterocycles. The number of nitrogens with zero attached hydrogens (tertiary/aromatic N) is 1. The van der Waals surface area contributed by atoms with Crippen LogP contribution in [0.1, 0.15) is 6.42 Å². The van der Waals surface area contributed by atoms with Gasteiger partial charge in [0.1, 0.15) is 5.75 Å². The van der Waals surface area contributed by atoms with Gasteiger partial charge in [0.25, 0.3) is 0 Å². The van der Waals surface area contributed by atoms with E-state index in [1.165, 1.54) is 0 Å². The first kappa shape index (κ1) is 26.3. The molecule has 1 aromatic carbocycles. The van der Waals surface area contributed by atoms with E-state index in [4.69, 9.17) is 19.4 Å². The zero-order valence-corrected chi connectivity index (χ0v) is 19.1. The zero-order chi connectivity index (χ0) is 16.0. The monoisotopic (exact) mass is 486 g/mol. The maximum atomic E-state index is 10.2.